The third-order valence-corrected chi connectivity index (χ3v) is 4.15. The Morgan fingerprint density at radius 1 is 1.04 bits per heavy atom. The van der Waals surface area contributed by atoms with Gasteiger partial charge in [-0.2, -0.15) is 0 Å². The molecule has 1 atom stereocenters. The minimum Gasteiger partial charge on any atom is -0.331 e. The Morgan fingerprint density at radius 3 is 2.42 bits per heavy atom. The zero-order valence-corrected chi connectivity index (χ0v) is 14.0. The fourth-order valence-corrected chi connectivity index (χ4v) is 2.70. The van der Waals surface area contributed by atoms with Crippen LogP contribution < -0.4 is 16.0 Å². The van der Waals surface area contributed by atoms with E-state index in [2.05, 4.69) is 16.0 Å². The highest BCUT2D eigenvalue weighted by atomic mass is 19.2. The molecular weight excluding hydrogens is 340 g/mol. The van der Waals surface area contributed by atoms with Crippen molar-refractivity contribution in [2.24, 2.45) is 5.92 Å². The lowest BCUT2D eigenvalue weighted by atomic mass is 10.0. The summed E-state index contributed by atoms with van der Waals surface area (Å²) in [4.78, 5) is 23.9. The van der Waals surface area contributed by atoms with Crippen molar-refractivity contribution in [3.63, 3.8) is 0 Å². The lowest BCUT2D eigenvalue weighted by Gasteiger charge is -2.19. The zero-order valence-electron chi connectivity index (χ0n) is 14.0. The number of urea groups is 1. The molecule has 1 aliphatic rings. The lowest BCUT2D eigenvalue weighted by Crippen LogP contribution is -2.42. The molecule has 0 aliphatic heterocycles. The summed E-state index contributed by atoms with van der Waals surface area (Å²) in [5.74, 6) is -2.18. The molecule has 3 rings (SSSR count). The van der Waals surface area contributed by atoms with Gasteiger partial charge in [0.1, 0.15) is 0 Å². The summed E-state index contributed by atoms with van der Waals surface area (Å²) >= 11 is 0. The Hall–Kier alpha value is -2.96. The SMILES string of the molecule is O=C(CNC(=O)NC(c1ccccc1)C1CC1)Nc1ccc(F)c(F)c1. The fourth-order valence-electron chi connectivity index (χ4n) is 2.70. The van der Waals surface area contributed by atoms with E-state index >= 15 is 0 Å². The van der Waals surface area contributed by atoms with E-state index in [1.54, 1.807) is 0 Å². The van der Waals surface area contributed by atoms with Crippen molar-refractivity contribution in [1.82, 2.24) is 10.6 Å². The van der Waals surface area contributed by atoms with Crippen LogP contribution in [0, 0.1) is 17.6 Å². The second-order valence-corrected chi connectivity index (χ2v) is 6.23. The second-order valence-electron chi connectivity index (χ2n) is 6.23. The van der Waals surface area contributed by atoms with Crippen molar-refractivity contribution in [3.8, 4) is 0 Å². The molecule has 0 bridgehead atoms. The monoisotopic (exact) mass is 359 g/mol. The smallest absolute Gasteiger partial charge is 0.315 e. The number of amides is 3. The number of anilines is 1. The Kier molecular flexibility index (Phi) is 5.46. The third kappa shape index (κ3) is 4.78. The van der Waals surface area contributed by atoms with Crippen LogP contribution in [0.2, 0.25) is 0 Å². The molecule has 0 spiro atoms. The Balaban J connectivity index is 1.50. The molecule has 3 N–H and O–H groups in total. The van der Waals surface area contributed by atoms with Gasteiger partial charge in [-0.25, -0.2) is 13.6 Å². The topological polar surface area (TPSA) is 70.2 Å². The first kappa shape index (κ1) is 17.8. The number of carbonyl (C=O) groups is 2. The summed E-state index contributed by atoms with van der Waals surface area (Å²) in [6, 6.07) is 12.2. The maximum atomic E-state index is 13.1. The molecule has 0 saturated heterocycles. The van der Waals surface area contributed by atoms with Crippen molar-refractivity contribution in [2.45, 2.75) is 18.9 Å². The molecule has 7 heteroatoms. The van der Waals surface area contributed by atoms with Crippen LogP contribution in [-0.2, 0) is 4.79 Å². The molecule has 0 radical (unpaired) electrons. The summed E-state index contributed by atoms with van der Waals surface area (Å²) in [6.07, 6.45) is 2.10. The number of carbonyl (C=O) groups excluding carboxylic acids is 2. The third-order valence-electron chi connectivity index (χ3n) is 4.15. The average Bonchev–Trinajstić information content (AvgIpc) is 3.47. The minimum atomic E-state index is -1.05. The molecule has 0 aromatic heterocycles. The molecule has 1 saturated carbocycles. The largest absolute Gasteiger partial charge is 0.331 e. The molecule has 5 nitrogen and oxygen atoms in total. The van der Waals surface area contributed by atoms with Crippen molar-refractivity contribution in [2.75, 3.05) is 11.9 Å². The summed E-state index contributed by atoms with van der Waals surface area (Å²) in [5, 5.41) is 7.77. The van der Waals surface area contributed by atoms with E-state index < -0.39 is 23.6 Å². The number of rotatable bonds is 6. The van der Waals surface area contributed by atoms with E-state index in [-0.39, 0.29) is 18.3 Å². The number of nitrogens with one attached hydrogen (secondary N) is 3. The predicted octanol–water partition coefficient (Wildman–Crippen LogP) is 3.35. The van der Waals surface area contributed by atoms with Crippen LogP contribution in [0.3, 0.4) is 0 Å². The quantitative estimate of drug-likeness (QED) is 0.740. The average molecular weight is 359 g/mol. The van der Waals surface area contributed by atoms with Gasteiger partial charge in [-0.15, -0.1) is 0 Å². The molecule has 1 unspecified atom stereocenters. The van der Waals surface area contributed by atoms with Crippen molar-refractivity contribution in [1.29, 1.82) is 0 Å². The van der Waals surface area contributed by atoms with Crippen molar-refractivity contribution in [3.05, 3.63) is 65.7 Å². The lowest BCUT2D eigenvalue weighted by molar-refractivity contribution is -0.115. The number of halogens is 2. The van der Waals surface area contributed by atoms with E-state index in [1.165, 1.54) is 6.07 Å². The van der Waals surface area contributed by atoms with E-state index in [0.29, 0.717) is 5.92 Å². The number of hydrogen-bond donors (Lipinski definition) is 3. The van der Waals surface area contributed by atoms with E-state index in [9.17, 15) is 18.4 Å². The molecule has 0 heterocycles. The Bertz CT molecular complexity index is 795. The first-order chi connectivity index (χ1) is 12.5. The first-order valence-electron chi connectivity index (χ1n) is 8.37. The van der Waals surface area contributed by atoms with Gasteiger partial charge in [-0.05, 0) is 36.5 Å². The number of benzene rings is 2. The van der Waals surface area contributed by atoms with Gasteiger partial charge in [-0.3, -0.25) is 4.79 Å². The Labute approximate surface area is 149 Å². The van der Waals surface area contributed by atoms with Crippen LogP contribution in [0.4, 0.5) is 19.3 Å². The highest BCUT2D eigenvalue weighted by Crippen LogP contribution is 2.40. The molecule has 2 aromatic rings. The zero-order chi connectivity index (χ0) is 18.5. The summed E-state index contributed by atoms with van der Waals surface area (Å²) in [6.45, 7) is -0.281. The normalized spacial score (nSPS) is 14.4. The maximum absolute atomic E-state index is 13.1. The molecule has 1 fully saturated rings. The standard InChI is InChI=1S/C19H19F2N3O2/c20-15-9-8-14(10-16(15)21)23-17(25)11-22-19(26)24-18(13-6-7-13)12-4-2-1-3-5-12/h1-5,8-10,13,18H,6-7,11H2,(H,23,25)(H2,22,24,26). The van der Waals surface area contributed by atoms with Gasteiger partial charge >= 0.3 is 6.03 Å². The van der Waals surface area contributed by atoms with E-state index in [1.807, 2.05) is 30.3 Å². The molecule has 1 aliphatic carbocycles. The van der Waals surface area contributed by atoms with Gasteiger partial charge in [0.2, 0.25) is 5.91 Å². The Morgan fingerprint density at radius 2 is 1.77 bits per heavy atom. The molecule has 136 valence electrons. The second kappa shape index (κ2) is 7.95. The molecular formula is C19H19F2N3O2. The van der Waals surface area contributed by atoms with Crippen LogP contribution >= 0.6 is 0 Å². The number of hydrogen-bond acceptors (Lipinski definition) is 2. The first-order valence-corrected chi connectivity index (χ1v) is 8.37. The summed E-state index contributed by atoms with van der Waals surface area (Å²) in [7, 11) is 0. The van der Waals surface area contributed by atoms with Crippen LogP contribution in [-0.4, -0.2) is 18.5 Å². The van der Waals surface area contributed by atoms with E-state index in [4.69, 9.17) is 0 Å². The fraction of sp³-hybridized carbons (Fsp3) is 0.263. The van der Waals surface area contributed by atoms with Crippen molar-refractivity contribution < 1.29 is 18.4 Å². The van der Waals surface area contributed by atoms with Gasteiger partial charge in [0.15, 0.2) is 11.6 Å². The minimum absolute atomic E-state index is 0.0922. The van der Waals surface area contributed by atoms with Crippen molar-refractivity contribution >= 4 is 17.6 Å². The highest BCUT2D eigenvalue weighted by molar-refractivity contribution is 5.94. The van der Waals surface area contributed by atoms with Gasteiger partial charge in [0.25, 0.3) is 0 Å². The molecule has 3 amide bonds. The molecule has 2 aromatic carbocycles. The predicted molar refractivity (Wildman–Crippen MR) is 93.4 cm³/mol. The van der Waals surface area contributed by atoms with Crippen LogP contribution in [0.1, 0.15) is 24.4 Å². The van der Waals surface area contributed by atoms with Gasteiger partial charge in [0.05, 0.1) is 12.6 Å². The summed E-state index contributed by atoms with van der Waals surface area (Å²) in [5.41, 5.74) is 1.15. The van der Waals surface area contributed by atoms with Crippen LogP contribution in [0.15, 0.2) is 48.5 Å². The van der Waals surface area contributed by atoms with Gasteiger partial charge < -0.3 is 16.0 Å². The highest BCUT2D eigenvalue weighted by Gasteiger charge is 2.33. The molecule has 26 heavy (non-hydrogen) atoms. The van der Waals surface area contributed by atoms with Crippen LogP contribution in [0.5, 0.6) is 0 Å². The van der Waals surface area contributed by atoms with Crippen LogP contribution in [0.25, 0.3) is 0 Å². The maximum Gasteiger partial charge on any atom is 0.315 e. The summed E-state index contributed by atoms with van der Waals surface area (Å²) < 4.78 is 26.0. The van der Waals surface area contributed by atoms with Gasteiger partial charge in [0, 0.05) is 11.8 Å². The van der Waals surface area contributed by atoms with E-state index in [0.717, 1.165) is 30.5 Å². The van der Waals surface area contributed by atoms with Gasteiger partial charge in [-0.1, -0.05) is 30.3 Å².